The summed E-state index contributed by atoms with van der Waals surface area (Å²) in [5, 5.41) is 2.58. The van der Waals surface area contributed by atoms with E-state index in [9.17, 15) is 14.0 Å². The number of hydrogen-bond donors (Lipinski definition) is 1. The Morgan fingerprint density at radius 1 is 1.19 bits per heavy atom. The van der Waals surface area contributed by atoms with Crippen molar-refractivity contribution in [1.82, 2.24) is 0 Å². The molecule has 7 heteroatoms. The van der Waals surface area contributed by atoms with Gasteiger partial charge in [-0.25, -0.2) is 9.18 Å². The number of carbonyl (C=O) groups excluding carboxylic acids is 2. The second-order valence-electron chi connectivity index (χ2n) is 5.98. The first-order valence-electron chi connectivity index (χ1n) is 8.00. The maximum Gasteiger partial charge on any atom is 0.338 e. The molecule has 0 fully saturated rings. The number of hydrogen-bond acceptors (Lipinski definition) is 4. The second kappa shape index (κ2) is 9.20. The number of benzene rings is 2. The first-order valence-corrected chi connectivity index (χ1v) is 8.38. The van der Waals surface area contributed by atoms with Crippen molar-refractivity contribution in [3.8, 4) is 5.75 Å². The molecule has 2 aromatic carbocycles. The van der Waals surface area contributed by atoms with Crippen molar-refractivity contribution in [2.75, 3.05) is 18.5 Å². The zero-order chi connectivity index (χ0) is 19.1. The topological polar surface area (TPSA) is 64.6 Å². The molecule has 0 aliphatic rings. The third-order valence-electron chi connectivity index (χ3n) is 3.19. The lowest BCUT2D eigenvalue weighted by Gasteiger charge is -2.10. The molecule has 26 heavy (non-hydrogen) atoms. The number of carbonyl (C=O) groups is 2. The summed E-state index contributed by atoms with van der Waals surface area (Å²) in [6.45, 7) is 3.99. The molecule has 0 unspecified atom stereocenters. The molecule has 0 atom stereocenters. The van der Waals surface area contributed by atoms with Crippen molar-refractivity contribution < 1.29 is 23.5 Å². The van der Waals surface area contributed by atoms with Gasteiger partial charge in [-0.3, -0.25) is 4.79 Å². The molecule has 0 spiro atoms. The summed E-state index contributed by atoms with van der Waals surface area (Å²) in [4.78, 5) is 23.9. The zero-order valence-corrected chi connectivity index (χ0v) is 15.2. The van der Waals surface area contributed by atoms with Gasteiger partial charge >= 0.3 is 5.97 Å². The second-order valence-corrected chi connectivity index (χ2v) is 6.42. The van der Waals surface area contributed by atoms with Crippen LogP contribution in [0.4, 0.5) is 10.1 Å². The molecule has 0 saturated carbocycles. The first-order chi connectivity index (χ1) is 12.3. The lowest BCUT2D eigenvalue weighted by molar-refractivity contribution is -0.119. The Morgan fingerprint density at radius 3 is 2.69 bits per heavy atom. The van der Waals surface area contributed by atoms with Crippen molar-refractivity contribution in [2.24, 2.45) is 5.92 Å². The molecule has 0 saturated heterocycles. The van der Waals surface area contributed by atoms with E-state index in [1.54, 1.807) is 24.3 Å². The highest BCUT2D eigenvalue weighted by Crippen LogP contribution is 2.19. The number of halogens is 2. The summed E-state index contributed by atoms with van der Waals surface area (Å²) in [6.07, 6.45) is 0. The highest BCUT2D eigenvalue weighted by atomic mass is 35.5. The highest BCUT2D eigenvalue weighted by Gasteiger charge is 2.13. The Labute approximate surface area is 156 Å². The highest BCUT2D eigenvalue weighted by molar-refractivity contribution is 6.30. The van der Waals surface area contributed by atoms with Crippen LogP contribution >= 0.6 is 11.6 Å². The standard InChI is InChI=1S/C19H19ClFNO4/c1-12(2)10-25-15-5-3-4-13(8-15)19(24)26-11-18(23)22-17-9-14(20)6-7-16(17)21/h3-9,12H,10-11H2,1-2H3,(H,22,23). The number of anilines is 1. The monoisotopic (exact) mass is 379 g/mol. The van der Waals surface area contributed by atoms with Gasteiger partial charge in [0, 0.05) is 5.02 Å². The van der Waals surface area contributed by atoms with E-state index in [0.29, 0.717) is 18.3 Å². The van der Waals surface area contributed by atoms with Gasteiger partial charge in [-0.15, -0.1) is 0 Å². The van der Waals surface area contributed by atoms with Gasteiger partial charge in [0.1, 0.15) is 11.6 Å². The molecule has 1 amide bonds. The van der Waals surface area contributed by atoms with Gasteiger partial charge in [-0.2, -0.15) is 0 Å². The fourth-order valence-electron chi connectivity index (χ4n) is 1.97. The van der Waals surface area contributed by atoms with Gasteiger partial charge in [0.15, 0.2) is 6.61 Å². The third-order valence-corrected chi connectivity index (χ3v) is 3.43. The summed E-state index contributed by atoms with van der Waals surface area (Å²) in [6, 6.07) is 10.2. The molecule has 2 rings (SSSR count). The summed E-state index contributed by atoms with van der Waals surface area (Å²) in [7, 11) is 0. The van der Waals surface area contributed by atoms with E-state index >= 15 is 0 Å². The van der Waals surface area contributed by atoms with Crippen LogP contribution in [-0.4, -0.2) is 25.1 Å². The lowest BCUT2D eigenvalue weighted by Crippen LogP contribution is -2.21. The van der Waals surface area contributed by atoms with E-state index in [1.807, 2.05) is 13.8 Å². The maximum atomic E-state index is 13.6. The van der Waals surface area contributed by atoms with E-state index < -0.39 is 24.3 Å². The van der Waals surface area contributed by atoms with Crippen LogP contribution in [0.25, 0.3) is 0 Å². The number of rotatable bonds is 7. The van der Waals surface area contributed by atoms with Gasteiger partial charge in [-0.1, -0.05) is 31.5 Å². The molecule has 138 valence electrons. The molecular weight excluding hydrogens is 361 g/mol. The lowest BCUT2D eigenvalue weighted by atomic mass is 10.2. The molecule has 0 aliphatic heterocycles. The van der Waals surface area contributed by atoms with Crippen molar-refractivity contribution in [1.29, 1.82) is 0 Å². The van der Waals surface area contributed by atoms with Crippen LogP contribution in [0.15, 0.2) is 42.5 Å². The molecule has 0 radical (unpaired) electrons. The minimum Gasteiger partial charge on any atom is -0.493 e. The van der Waals surface area contributed by atoms with Crippen LogP contribution in [0.3, 0.4) is 0 Å². The average Bonchev–Trinajstić information content (AvgIpc) is 2.61. The summed E-state index contributed by atoms with van der Waals surface area (Å²) < 4.78 is 24.1. The number of amides is 1. The van der Waals surface area contributed by atoms with Crippen LogP contribution in [-0.2, 0) is 9.53 Å². The van der Waals surface area contributed by atoms with E-state index in [1.165, 1.54) is 12.1 Å². The molecular formula is C19H19ClFNO4. The molecule has 1 N–H and O–H groups in total. The fraction of sp³-hybridized carbons (Fsp3) is 0.263. The minimum atomic E-state index is -0.679. The Kier molecular flexibility index (Phi) is 6.97. The van der Waals surface area contributed by atoms with Crippen LogP contribution in [0.1, 0.15) is 24.2 Å². The van der Waals surface area contributed by atoms with Crippen LogP contribution in [0, 0.1) is 11.7 Å². The van der Waals surface area contributed by atoms with E-state index in [-0.39, 0.29) is 16.3 Å². The summed E-state index contributed by atoms with van der Waals surface area (Å²) >= 11 is 5.75. The quantitative estimate of drug-likeness (QED) is 0.728. The van der Waals surface area contributed by atoms with Gasteiger partial charge in [-0.05, 0) is 42.3 Å². The fourth-order valence-corrected chi connectivity index (χ4v) is 2.14. The maximum absolute atomic E-state index is 13.6. The zero-order valence-electron chi connectivity index (χ0n) is 14.4. The largest absolute Gasteiger partial charge is 0.493 e. The van der Waals surface area contributed by atoms with E-state index in [2.05, 4.69) is 5.32 Å². The van der Waals surface area contributed by atoms with E-state index in [4.69, 9.17) is 21.1 Å². The van der Waals surface area contributed by atoms with Crippen molar-refractivity contribution >= 4 is 29.2 Å². The molecule has 2 aromatic rings. The smallest absolute Gasteiger partial charge is 0.338 e. The van der Waals surface area contributed by atoms with Crippen molar-refractivity contribution in [3.63, 3.8) is 0 Å². The average molecular weight is 380 g/mol. The summed E-state index contributed by atoms with van der Waals surface area (Å²) in [5.41, 5.74) is 0.177. The molecule has 5 nitrogen and oxygen atoms in total. The van der Waals surface area contributed by atoms with Gasteiger partial charge in [0.05, 0.1) is 17.9 Å². The predicted octanol–water partition coefficient (Wildman–Crippen LogP) is 4.31. The minimum absolute atomic E-state index is 0.0809. The van der Waals surface area contributed by atoms with Gasteiger partial charge in [0.25, 0.3) is 5.91 Å². The van der Waals surface area contributed by atoms with Crippen LogP contribution < -0.4 is 10.1 Å². The van der Waals surface area contributed by atoms with Crippen molar-refractivity contribution in [2.45, 2.75) is 13.8 Å². The third kappa shape index (κ3) is 6.04. The Balaban J connectivity index is 1.90. The predicted molar refractivity (Wildman–Crippen MR) is 97.1 cm³/mol. The SMILES string of the molecule is CC(C)COc1cccc(C(=O)OCC(=O)Nc2cc(Cl)ccc2F)c1. The van der Waals surface area contributed by atoms with Crippen molar-refractivity contribution in [3.05, 3.63) is 58.9 Å². The summed E-state index contributed by atoms with van der Waals surface area (Å²) in [5.74, 6) is -1.10. The molecule has 0 bridgehead atoms. The molecule has 0 aliphatic carbocycles. The first kappa shape index (κ1) is 19.7. The van der Waals surface area contributed by atoms with Crippen LogP contribution in [0.5, 0.6) is 5.75 Å². The number of nitrogens with one attached hydrogen (secondary N) is 1. The normalized spacial score (nSPS) is 10.5. The number of ether oxygens (including phenoxy) is 2. The molecule has 0 aromatic heterocycles. The Bertz CT molecular complexity index is 795. The van der Waals surface area contributed by atoms with Gasteiger partial charge in [0.2, 0.25) is 0 Å². The van der Waals surface area contributed by atoms with Gasteiger partial charge < -0.3 is 14.8 Å². The Hall–Kier alpha value is -2.60. The Morgan fingerprint density at radius 2 is 1.96 bits per heavy atom. The molecule has 0 heterocycles. The van der Waals surface area contributed by atoms with Crippen LogP contribution in [0.2, 0.25) is 5.02 Å². The number of esters is 1. The van der Waals surface area contributed by atoms with E-state index in [0.717, 1.165) is 6.07 Å².